The van der Waals surface area contributed by atoms with Crippen LogP contribution < -0.4 is 10.5 Å². The number of rotatable bonds is 4. The number of nitrogens with zero attached hydrogens (tertiary/aromatic N) is 1. The topological polar surface area (TPSA) is 48.1 Å². The smallest absolute Gasteiger partial charge is 0.120 e. The fourth-order valence-corrected chi connectivity index (χ4v) is 2.01. The Balaban J connectivity index is 1.81. The van der Waals surface area contributed by atoms with Crippen LogP contribution in [0.2, 0.25) is 5.02 Å². The second-order valence-corrected chi connectivity index (χ2v) is 5.21. The summed E-state index contributed by atoms with van der Waals surface area (Å²) in [6.07, 6.45) is 4.30. The Hall–Kier alpha value is -1.58. The van der Waals surface area contributed by atoms with E-state index >= 15 is 0 Å². The number of hydrogen-bond donors (Lipinski definition) is 1. The summed E-state index contributed by atoms with van der Waals surface area (Å²) in [5.74, 6) is 0.879. The van der Waals surface area contributed by atoms with Crippen LogP contribution in [-0.4, -0.2) is 11.1 Å². The monoisotopic (exact) mass is 274 g/mol. The van der Waals surface area contributed by atoms with Crippen LogP contribution in [0.4, 0.5) is 0 Å². The van der Waals surface area contributed by atoms with Gasteiger partial charge in [-0.15, -0.1) is 0 Å². The van der Waals surface area contributed by atoms with E-state index in [2.05, 4.69) is 4.98 Å². The summed E-state index contributed by atoms with van der Waals surface area (Å²) in [5.41, 5.74) is 8.01. The average Bonchev–Trinajstić information content (AvgIpc) is 3.23. The Bertz CT molecular complexity index is 567. The van der Waals surface area contributed by atoms with E-state index in [1.165, 1.54) is 0 Å². The maximum Gasteiger partial charge on any atom is 0.120 e. The number of ether oxygens (including phenoxy) is 1. The van der Waals surface area contributed by atoms with Crippen molar-refractivity contribution in [3.05, 3.63) is 58.9 Å². The van der Waals surface area contributed by atoms with Crippen molar-refractivity contribution >= 4 is 11.6 Å². The molecule has 3 rings (SSSR count). The minimum Gasteiger partial charge on any atom is -0.490 e. The zero-order valence-corrected chi connectivity index (χ0v) is 11.2. The summed E-state index contributed by atoms with van der Waals surface area (Å²) in [6, 6.07) is 11.3. The number of hydrogen-bond acceptors (Lipinski definition) is 3. The molecule has 0 spiro atoms. The maximum atomic E-state index is 6.22. The predicted molar refractivity (Wildman–Crippen MR) is 75.4 cm³/mol. The standard InChI is InChI=1S/C15H15ClN2O/c16-11-4-7-14(18-9-11)15(17)10-2-1-3-13(8-10)19-12-5-6-12/h1-4,7-9,12,15H,5-6,17H2. The Kier molecular flexibility index (Phi) is 3.40. The molecule has 2 N–H and O–H groups in total. The number of pyridine rings is 1. The summed E-state index contributed by atoms with van der Waals surface area (Å²) < 4.78 is 5.77. The van der Waals surface area contributed by atoms with Gasteiger partial charge in [0.1, 0.15) is 5.75 Å². The lowest BCUT2D eigenvalue weighted by atomic mass is 10.0. The second-order valence-electron chi connectivity index (χ2n) is 4.77. The van der Waals surface area contributed by atoms with Gasteiger partial charge >= 0.3 is 0 Å². The molecule has 19 heavy (non-hydrogen) atoms. The van der Waals surface area contributed by atoms with Gasteiger partial charge in [0.05, 0.1) is 22.9 Å². The molecule has 1 heterocycles. The predicted octanol–water partition coefficient (Wildman–Crippen LogP) is 3.32. The van der Waals surface area contributed by atoms with Crippen LogP contribution in [0.15, 0.2) is 42.6 Å². The summed E-state index contributed by atoms with van der Waals surface area (Å²) >= 11 is 5.83. The fourth-order valence-electron chi connectivity index (χ4n) is 1.90. The van der Waals surface area contributed by atoms with E-state index in [9.17, 15) is 0 Å². The van der Waals surface area contributed by atoms with Crippen molar-refractivity contribution in [1.82, 2.24) is 4.98 Å². The van der Waals surface area contributed by atoms with Crippen LogP contribution in [0.3, 0.4) is 0 Å². The normalized spacial score (nSPS) is 16.1. The average molecular weight is 275 g/mol. The molecule has 1 aliphatic rings. The molecule has 1 saturated carbocycles. The lowest BCUT2D eigenvalue weighted by Crippen LogP contribution is -2.13. The zero-order valence-electron chi connectivity index (χ0n) is 10.4. The summed E-state index contributed by atoms with van der Waals surface area (Å²) in [6.45, 7) is 0. The Morgan fingerprint density at radius 1 is 1.26 bits per heavy atom. The van der Waals surface area contributed by atoms with Crippen molar-refractivity contribution < 1.29 is 4.74 Å². The second kappa shape index (κ2) is 5.19. The van der Waals surface area contributed by atoms with Crippen molar-refractivity contribution in [1.29, 1.82) is 0 Å². The van der Waals surface area contributed by atoms with Crippen LogP contribution in [0.1, 0.15) is 30.1 Å². The van der Waals surface area contributed by atoms with Gasteiger partial charge in [-0.05, 0) is 42.7 Å². The number of aromatic nitrogens is 1. The van der Waals surface area contributed by atoms with Crippen molar-refractivity contribution in [3.63, 3.8) is 0 Å². The number of benzene rings is 1. The van der Waals surface area contributed by atoms with Gasteiger partial charge in [-0.1, -0.05) is 23.7 Å². The third kappa shape index (κ3) is 3.06. The van der Waals surface area contributed by atoms with E-state index in [1.54, 1.807) is 12.3 Å². The Morgan fingerprint density at radius 3 is 2.79 bits per heavy atom. The first-order valence-corrected chi connectivity index (χ1v) is 6.74. The van der Waals surface area contributed by atoms with Crippen molar-refractivity contribution in [3.8, 4) is 5.75 Å². The van der Waals surface area contributed by atoms with Gasteiger partial charge in [-0.2, -0.15) is 0 Å². The zero-order chi connectivity index (χ0) is 13.2. The van der Waals surface area contributed by atoms with Gasteiger partial charge in [0.15, 0.2) is 0 Å². The highest BCUT2D eigenvalue weighted by atomic mass is 35.5. The van der Waals surface area contributed by atoms with Gasteiger partial charge in [-0.25, -0.2) is 0 Å². The van der Waals surface area contributed by atoms with E-state index in [0.29, 0.717) is 11.1 Å². The molecular weight excluding hydrogens is 260 g/mol. The van der Waals surface area contributed by atoms with Gasteiger partial charge < -0.3 is 10.5 Å². The van der Waals surface area contributed by atoms with E-state index in [0.717, 1.165) is 29.8 Å². The van der Waals surface area contributed by atoms with Crippen molar-refractivity contribution in [2.24, 2.45) is 5.73 Å². The molecule has 1 unspecified atom stereocenters. The van der Waals surface area contributed by atoms with Gasteiger partial charge in [-0.3, -0.25) is 4.98 Å². The molecule has 98 valence electrons. The van der Waals surface area contributed by atoms with E-state index in [-0.39, 0.29) is 6.04 Å². The first-order chi connectivity index (χ1) is 9.22. The molecule has 1 fully saturated rings. The van der Waals surface area contributed by atoms with Crippen LogP contribution in [0.5, 0.6) is 5.75 Å². The third-order valence-electron chi connectivity index (χ3n) is 3.11. The molecule has 1 aromatic heterocycles. The molecule has 3 nitrogen and oxygen atoms in total. The molecule has 1 atom stereocenters. The van der Waals surface area contributed by atoms with Crippen LogP contribution in [0, 0.1) is 0 Å². The quantitative estimate of drug-likeness (QED) is 0.930. The molecule has 0 bridgehead atoms. The van der Waals surface area contributed by atoms with Gasteiger partial charge in [0, 0.05) is 6.20 Å². The maximum absolute atomic E-state index is 6.22. The van der Waals surface area contributed by atoms with Gasteiger partial charge in [0.25, 0.3) is 0 Å². The van der Waals surface area contributed by atoms with Crippen LogP contribution >= 0.6 is 11.6 Å². The molecule has 0 saturated heterocycles. The third-order valence-corrected chi connectivity index (χ3v) is 3.34. The van der Waals surface area contributed by atoms with Crippen molar-refractivity contribution in [2.75, 3.05) is 0 Å². The molecule has 1 aromatic carbocycles. The highest BCUT2D eigenvalue weighted by Gasteiger charge is 2.23. The molecule has 4 heteroatoms. The molecule has 2 aromatic rings. The molecule has 0 amide bonds. The summed E-state index contributed by atoms with van der Waals surface area (Å²) in [5, 5.41) is 0.613. The SMILES string of the molecule is NC(c1cccc(OC2CC2)c1)c1ccc(Cl)cn1. The highest BCUT2D eigenvalue weighted by molar-refractivity contribution is 6.30. The summed E-state index contributed by atoms with van der Waals surface area (Å²) in [7, 11) is 0. The van der Waals surface area contributed by atoms with Crippen molar-refractivity contribution in [2.45, 2.75) is 25.0 Å². The largest absolute Gasteiger partial charge is 0.490 e. The molecular formula is C15H15ClN2O. The number of halogens is 1. The van der Waals surface area contributed by atoms with Crippen LogP contribution in [-0.2, 0) is 0 Å². The Labute approximate surface area is 117 Å². The lowest BCUT2D eigenvalue weighted by Gasteiger charge is -2.13. The Morgan fingerprint density at radius 2 is 2.11 bits per heavy atom. The van der Waals surface area contributed by atoms with E-state index in [1.807, 2.05) is 30.3 Å². The molecule has 0 aliphatic heterocycles. The summed E-state index contributed by atoms with van der Waals surface area (Å²) in [4.78, 5) is 4.26. The van der Waals surface area contributed by atoms with E-state index in [4.69, 9.17) is 22.1 Å². The van der Waals surface area contributed by atoms with Gasteiger partial charge in [0.2, 0.25) is 0 Å². The molecule has 0 radical (unpaired) electrons. The molecule has 1 aliphatic carbocycles. The minimum absolute atomic E-state index is 0.264. The number of nitrogens with two attached hydrogens (primary N) is 1. The fraction of sp³-hybridized carbons (Fsp3) is 0.267. The van der Waals surface area contributed by atoms with Crippen LogP contribution in [0.25, 0.3) is 0 Å². The first kappa shape index (κ1) is 12.5. The highest BCUT2D eigenvalue weighted by Crippen LogP contribution is 2.29. The van der Waals surface area contributed by atoms with E-state index < -0.39 is 0 Å². The minimum atomic E-state index is -0.264. The lowest BCUT2D eigenvalue weighted by molar-refractivity contribution is 0.303. The first-order valence-electron chi connectivity index (χ1n) is 6.36.